The van der Waals surface area contributed by atoms with Crippen molar-refractivity contribution in [2.24, 2.45) is 35.3 Å². The highest BCUT2D eigenvalue weighted by molar-refractivity contribution is 5.81. The molecule has 10 heavy (non-hydrogen) atoms. The molecular formula is C8H11NO. The Morgan fingerprint density at radius 2 is 2.00 bits per heavy atom. The van der Waals surface area contributed by atoms with E-state index in [0.717, 1.165) is 23.7 Å². The van der Waals surface area contributed by atoms with Gasteiger partial charge in [0, 0.05) is 5.92 Å². The van der Waals surface area contributed by atoms with Gasteiger partial charge >= 0.3 is 0 Å². The summed E-state index contributed by atoms with van der Waals surface area (Å²) in [6, 6.07) is 0. The first-order chi connectivity index (χ1) is 4.79. The van der Waals surface area contributed by atoms with Crippen LogP contribution in [0.4, 0.5) is 0 Å². The summed E-state index contributed by atoms with van der Waals surface area (Å²) in [4.78, 5) is 10.8. The Labute approximate surface area is 59.8 Å². The van der Waals surface area contributed by atoms with Crippen LogP contribution in [0.2, 0.25) is 0 Å². The number of carbonyl (C=O) groups is 1. The van der Waals surface area contributed by atoms with Crippen LogP contribution in [0.25, 0.3) is 0 Å². The van der Waals surface area contributed by atoms with Gasteiger partial charge in [0.25, 0.3) is 0 Å². The van der Waals surface area contributed by atoms with Crippen LogP contribution in [0.1, 0.15) is 12.8 Å². The lowest BCUT2D eigenvalue weighted by Crippen LogP contribution is -2.16. The summed E-state index contributed by atoms with van der Waals surface area (Å²) < 4.78 is 0. The van der Waals surface area contributed by atoms with E-state index in [4.69, 9.17) is 5.73 Å². The van der Waals surface area contributed by atoms with E-state index in [1.54, 1.807) is 0 Å². The van der Waals surface area contributed by atoms with Gasteiger partial charge in [0.05, 0.1) is 0 Å². The molecule has 0 bridgehead atoms. The van der Waals surface area contributed by atoms with E-state index < -0.39 is 0 Å². The normalized spacial score (nSPS) is 61.0. The minimum absolute atomic E-state index is 0.0413. The molecule has 3 fully saturated rings. The Morgan fingerprint density at radius 3 is 2.50 bits per heavy atom. The quantitative estimate of drug-likeness (QED) is 0.557. The summed E-state index contributed by atoms with van der Waals surface area (Å²) in [6.45, 7) is 0. The van der Waals surface area contributed by atoms with Crippen molar-refractivity contribution in [1.29, 1.82) is 0 Å². The molecule has 2 nitrogen and oxygen atoms in total. The lowest BCUT2D eigenvalue weighted by atomic mass is 10.1. The van der Waals surface area contributed by atoms with Gasteiger partial charge in [0.2, 0.25) is 5.91 Å². The van der Waals surface area contributed by atoms with Crippen molar-refractivity contribution in [1.82, 2.24) is 0 Å². The Morgan fingerprint density at radius 1 is 1.30 bits per heavy atom. The van der Waals surface area contributed by atoms with Crippen molar-refractivity contribution in [3.8, 4) is 0 Å². The van der Waals surface area contributed by atoms with Crippen molar-refractivity contribution < 1.29 is 4.79 Å². The molecule has 0 heterocycles. The largest absolute Gasteiger partial charge is 0.369 e. The molecule has 3 aliphatic carbocycles. The van der Waals surface area contributed by atoms with Gasteiger partial charge in [-0.05, 0) is 36.5 Å². The van der Waals surface area contributed by atoms with E-state index in [9.17, 15) is 4.79 Å². The highest BCUT2D eigenvalue weighted by atomic mass is 16.1. The zero-order valence-electron chi connectivity index (χ0n) is 5.79. The van der Waals surface area contributed by atoms with Crippen molar-refractivity contribution in [2.45, 2.75) is 12.8 Å². The van der Waals surface area contributed by atoms with Crippen molar-refractivity contribution in [2.75, 3.05) is 0 Å². The summed E-state index contributed by atoms with van der Waals surface area (Å²) in [7, 11) is 0. The summed E-state index contributed by atoms with van der Waals surface area (Å²) in [5.41, 5.74) is 5.23. The number of hydrogen-bond donors (Lipinski definition) is 1. The van der Waals surface area contributed by atoms with Crippen LogP contribution >= 0.6 is 0 Å². The number of fused-ring (bicyclic) bond motifs is 3. The molecule has 0 aromatic heterocycles. The van der Waals surface area contributed by atoms with E-state index >= 15 is 0 Å². The molecular weight excluding hydrogens is 126 g/mol. The van der Waals surface area contributed by atoms with Crippen LogP contribution in [-0.4, -0.2) is 5.91 Å². The third-order valence-corrected chi connectivity index (χ3v) is 3.60. The number of nitrogens with two attached hydrogens (primary N) is 1. The van der Waals surface area contributed by atoms with E-state index in [0.29, 0.717) is 5.92 Å². The standard InChI is InChI=1S/C8H11NO/c9-8(10)7-5-2-3-1-4(3)6(5)7/h3-7H,1-2H2,(H2,9,10)/t3-,4-,5+,6-,7?/m1/s1. The lowest BCUT2D eigenvalue weighted by Gasteiger charge is -1.94. The number of carbonyl (C=O) groups excluding carboxylic acids is 1. The van der Waals surface area contributed by atoms with Gasteiger partial charge in [-0.25, -0.2) is 0 Å². The summed E-state index contributed by atoms with van der Waals surface area (Å²) in [5, 5.41) is 0. The van der Waals surface area contributed by atoms with Gasteiger partial charge in [-0.3, -0.25) is 4.79 Å². The molecule has 0 saturated heterocycles. The second-order valence-electron chi connectivity index (χ2n) is 4.06. The molecule has 5 atom stereocenters. The zero-order chi connectivity index (χ0) is 6.88. The first kappa shape index (κ1) is 5.16. The molecule has 0 aromatic rings. The van der Waals surface area contributed by atoms with Crippen molar-refractivity contribution in [3.63, 3.8) is 0 Å². The molecule has 54 valence electrons. The third kappa shape index (κ3) is 0.414. The molecule has 1 amide bonds. The maximum absolute atomic E-state index is 10.8. The maximum atomic E-state index is 10.8. The molecule has 0 aromatic carbocycles. The van der Waals surface area contributed by atoms with Crippen LogP contribution in [0.5, 0.6) is 0 Å². The number of primary amides is 1. The van der Waals surface area contributed by atoms with Gasteiger partial charge in [-0.15, -0.1) is 0 Å². The van der Waals surface area contributed by atoms with Crippen LogP contribution in [-0.2, 0) is 4.79 Å². The monoisotopic (exact) mass is 137 g/mol. The summed E-state index contributed by atoms with van der Waals surface area (Å²) in [5.74, 6) is 3.64. The zero-order valence-corrected chi connectivity index (χ0v) is 5.79. The van der Waals surface area contributed by atoms with Gasteiger partial charge in [-0.1, -0.05) is 0 Å². The fraction of sp³-hybridized carbons (Fsp3) is 0.875. The van der Waals surface area contributed by atoms with E-state index in [-0.39, 0.29) is 5.91 Å². The van der Waals surface area contributed by atoms with Gasteiger partial charge in [0.1, 0.15) is 0 Å². The van der Waals surface area contributed by atoms with Crippen molar-refractivity contribution in [3.05, 3.63) is 0 Å². The van der Waals surface area contributed by atoms with Crippen LogP contribution in [0.15, 0.2) is 0 Å². The highest BCUT2D eigenvalue weighted by Gasteiger charge is 2.69. The van der Waals surface area contributed by atoms with Crippen molar-refractivity contribution >= 4 is 5.91 Å². The van der Waals surface area contributed by atoms with E-state index in [1.807, 2.05) is 0 Å². The second kappa shape index (κ2) is 1.25. The average molecular weight is 137 g/mol. The first-order valence-electron chi connectivity index (χ1n) is 4.08. The maximum Gasteiger partial charge on any atom is 0.221 e. The third-order valence-electron chi connectivity index (χ3n) is 3.60. The van der Waals surface area contributed by atoms with E-state index in [1.165, 1.54) is 12.8 Å². The predicted molar refractivity (Wildman–Crippen MR) is 35.9 cm³/mol. The summed E-state index contributed by atoms with van der Waals surface area (Å²) >= 11 is 0. The minimum atomic E-state index is -0.0413. The topological polar surface area (TPSA) is 43.1 Å². The van der Waals surface area contributed by atoms with E-state index in [2.05, 4.69) is 0 Å². The van der Waals surface area contributed by atoms with Gasteiger partial charge < -0.3 is 5.73 Å². The van der Waals surface area contributed by atoms with Gasteiger partial charge in [0.15, 0.2) is 0 Å². The smallest absolute Gasteiger partial charge is 0.221 e. The Balaban J connectivity index is 1.82. The summed E-state index contributed by atoms with van der Waals surface area (Å²) in [6.07, 6.45) is 2.70. The Hall–Kier alpha value is -0.530. The van der Waals surface area contributed by atoms with Crippen LogP contribution in [0.3, 0.4) is 0 Å². The minimum Gasteiger partial charge on any atom is -0.369 e. The predicted octanol–water partition coefficient (Wildman–Crippen LogP) is 0.374. The number of amides is 1. The molecule has 2 heteroatoms. The Kier molecular flexibility index (Phi) is 0.644. The molecule has 3 aliphatic rings. The molecule has 3 saturated carbocycles. The first-order valence-corrected chi connectivity index (χ1v) is 4.08. The SMILES string of the molecule is NC(=O)C1[C@@H]2[C@@H]3C[C@@H]3C[C@H]12. The molecule has 1 unspecified atom stereocenters. The fourth-order valence-electron chi connectivity index (χ4n) is 3.05. The van der Waals surface area contributed by atoms with Crippen LogP contribution in [0, 0.1) is 29.6 Å². The fourth-order valence-corrected chi connectivity index (χ4v) is 3.05. The average Bonchev–Trinajstić information content (AvgIpc) is 2.70. The molecule has 2 N–H and O–H groups in total. The second-order valence-corrected chi connectivity index (χ2v) is 4.06. The highest BCUT2D eigenvalue weighted by Crippen LogP contribution is 2.72. The molecule has 0 radical (unpaired) electrons. The lowest BCUT2D eigenvalue weighted by molar-refractivity contribution is -0.119. The van der Waals surface area contributed by atoms with Gasteiger partial charge in [-0.2, -0.15) is 0 Å². The number of rotatable bonds is 1. The Bertz CT molecular complexity index is 213. The molecule has 3 rings (SSSR count). The molecule has 0 aliphatic heterocycles. The number of hydrogen-bond acceptors (Lipinski definition) is 1. The van der Waals surface area contributed by atoms with Crippen LogP contribution < -0.4 is 5.73 Å². The molecule has 0 spiro atoms.